The van der Waals surface area contributed by atoms with Crippen LogP contribution in [-0.4, -0.2) is 16.1 Å². The molecule has 4 heteroatoms. The Morgan fingerprint density at radius 1 is 1.05 bits per heavy atom. The second-order valence-electron chi connectivity index (χ2n) is 5.43. The van der Waals surface area contributed by atoms with E-state index in [1.54, 1.807) is 6.07 Å². The van der Waals surface area contributed by atoms with E-state index < -0.39 is 5.97 Å². The zero-order chi connectivity index (χ0) is 15.9. The summed E-state index contributed by atoms with van der Waals surface area (Å²) >= 11 is 0. The quantitative estimate of drug-likeness (QED) is 0.759. The van der Waals surface area contributed by atoms with Gasteiger partial charge in [0, 0.05) is 28.2 Å². The van der Waals surface area contributed by atoms with E-state index in [0.29, 0.717) is 10.9 Å². The van der Waals surface area contributed by atoms with Gasteiger partial charge in [0.1, 0.15) is 0 Å². The van der Waals surface area contributed by atoms with Gasteiger partial charge in [-0.05, 0) is 37.6 Å². The smallest absolute Gasteiger partial charge is 0.335 e. The molecule has 0 aliphatic rings. The summed E-state index contributed by atoms with van der Waals surface area (Å²) in [5.74, 6) is -1.04. The van der Waals surface area contributed by atoms with Gasteiger partial charge in [-0.2, -0.15) is 0 Å². The Kier molecular flexibility index (Phi) is 3.29. The van der Waals surface area contributed by atoms with Gasteiger partial charge in [0.05, 0.1) is 5.56 Å². The van der Waals surface area contributed by atoms with E-state index >= 15 is 0 Å². The lowest BCUT2D eigenvalue weighted by atomic mass is 10.0. The number of pyridine rings is 1. The van der Waals surface area contributed by atoms with Crippen molar-refractivity contribution in [1.82, 2.24) is 4.98 Å². The molecular formula is C18H15NO3. The fraction of sp³-hybridized carbons (Fsp3) is 0.111. The molecule has 3 aromatic rings. The van der Waals surface area contributed by atoms with E-state index in [-0.39, 0.29) is 11.0 Å². The normalized spacial score (nSPS) is 10.8. The van der Waals surface area contributed by atoms with Crippen molar-refractivity contribution in [3.05, 3.63) is 69.4 Å². The van der Waals surface area contributed by atoms with Crippen molar-refractivity contribution in [3.8, 4) is 11.3 Å². The van der Waals surface area contributed by atoms with Gasteiger partial charge in [0.15, 0.2) is 5.43 Å². The predicted octanol–water partition coefficient (Wildman–Crippen LogP) is 3.51. The van der Waals surface area contributed by atoms with Crippen LogP contribution in [0, 0.1) is 13.8 Å². The Morgan fingerprint density at radius 3 is 2.50 bits per heavy atom. The van der Waals surface area contributed by atoms with Crippen molar-refractivity contribution < 1.29 is 9.90 Å². The highest BCUT2D eigenvalue weighted by molar-refractivity contribution is 5.93. The van der Waals surface area contributed by atoms with Gasteiger partial charge in [0.25, 0.3) is 0 Å². The molecule has 22 heavy (non-hydrogen) atoms. The zero-order valence-corrected chi connectivity index (χ0v) is 12.3. The van der Waals surface area contributed by atoms with Gasteiger partial charge >= 0.3 is 5.97 Å². The molecule has 0 atom stereocenters. The lowest BCUT2D eigenvalue weighted by Gasteiger charge is -2.09. The van der Waals surface area contributed by atoms with Crippen LogP contribution < -0.4 is 5.43 Å². The SMILES string of the molecule is Cc1ccc(-c2cc(=O)c3cc(C(=O)O)ccc3[nH]2)c(C)c1. The molecule has 0 radical (unpaired) electrons. The second-order valence-corrected chi connectivity index (χ2v) is 5.43. The molecule has 0 aliphatic carbocycles. The van der Waals surface area contributed by atoms with Gasteiger partial charge in [-0.3, -0.25) is 4.79 Å². The Hall–Kier alpha value is -2.88. The minimum absolute atomic E-state index is 0.109. The molecule has 0 unspecified atom stereocenters. The number of nitrogens with one attached hydrogen (secondary N) is 1. The molecular weight excluding hydrogens is 278 g/mol. The highest BCUT2D eigenvalue weighted by atomic mass is 16.4. The molecule has 0 spiro atoms. The molecule has 110 valence electrons. The first-order valence-electron chi connectivity index (χ1n) is 6.94. The summed E-state index contributed by atoms with van der Waals surface area (Å²) in [5.41, 5.74) is 4.49. The van der Waals surface area contributed by atoms with Crippen LogP contribution in [0.25, 0.3) is 22.2 Å². The maximum Gasteiger partial charge on any atom is 0.335 e. The van der Waals surface area contributed by atoms with E-state index in [4.69, 9.17) is 5.11 Å². The number of aromatic amines is 1. The monoisotopic (exact) mass is 293 g/mol. The van der Waals surface area contributed by atoms with Crippen LogP contribution in [0.4, 0.5) is 0 Å². The lowest BCUT2D eigenvalue weighted by molar-refractivity contribution is 0.0697. The van der Waals surface area contributed by atoms with Gasteiger partial charge < -0.3 is 10.1 Å². The van der Waals surface area contributed by atoms with E-state index in [0.717, 1.165) is 22.4 Å². The molecule has 0 saturated carbocycles. The van der Waals surface area contributed by atoms with E-state index in [1.165, 1.54) is 18.2 Å². The van der Waals surface area contributed by atoms with Crippen molar-refractivity contribution in [2.24, 2.45) is 0 Å². The van der Waals surface area contributed by atoms with Crippen molar-refractivity contribution in [2.75, 3.05) is 0 Å². The number of H-pyrrole nitrogens is 1. The predicted molar refractivity (Wildman–Crippen MR) is 86.4 cm³/mol. The number of aromatic nitrogens is 1. The minimum atomic E-state index is -1.04. The fourth-order valence-electron chi connectivity index (χ4n) is 2.64. The van der Waals surface area contributed by atoms with Crippen LogP contribution in [-0.2, 0) is 0 Å². The summed E-state index contributed by atoms with van der Waals surface area (Å²) in [4.78, 5) is 26.5. The topological polar surface area (TPSA) is 70.2 Å². The molecule has 1 aromatic heterocycles. The maximum absolute atomic E-state index is 12.3. The Bertz CT molecular complexity index is 954. The Balaban J connectivity index is 2.23. The van der Waals surface area contributed by atoms with Gasteiger partial charge in [-0.1, -0.05) is 23.8 Å². The van der Waals surface area contributed by atoms with Crippen molar-refractivity contribution in [1.29, 1.82) is 0 Å². The largest absolute Gasteiger partial charge is 0.478 e. The molecule has 0 bridgehead atoms. The molecule has 3 rings (SSSR count). The van der Waals surface area contributed by atoms with E-state index in [2.05, 4.69) is 11.1 Å². The van der Waals surface area contributed by atoms with Gasteiger partial charge in [-0.15, -0.1) is 0 Å². The van der Waals surface area contributed by atoms with Crippen LogP contribution in [0.3, 0.4) is 0 Å². The van der Waals surface area contributed by atoms with Gasteiger partial charge in [-0.25, -0.2) is 4.79 Å². The summed E-state index contributed by atoms with van der Waals surface area (Å²) < 4.78 is 0. The number of hydrogen-bond donors (Lipinski definition) is 2. The van der Waals surface area contributed by atoms with Crippen molar-refractivity contribution in [3.63, 3.8) is 0 Å². The minimum Gasteiger partial charge on any atom is -0.478 e. The van der Waals surface area contributed by atoms with Crippen LogP contribution >= 0.6 is 0 Å². The number of benzene rings is 2. The fourth-order valence-corrected chi connectivity index (χ4v) is 2.64. The van der Waals surface area contributed by atoms with Crippen LogP contribution in [0.5, 0.6) is 0 Å². The molecule has 0 saturated heterocycles. The molecule has 4 nitrogen and oxygen atoms in total. The molecule has 0 aliphatic heterocycles. The highest BCUT2D eigenvalue weighted by Gasteiger charge is 2.09. The third-order valence-electron chi connectivity index (χ3n) is 3.75. The molecule has 0 fully saturated rings. The number of hydrogen-bond acceptors (Lipinski definition) is 2. The number of fused-ring (bicyclic) bond motifs is 1. The lowest BCUT2D eigenvalue weighted by Crippen LogP contribution is -2.05. The first-order chi connectivity index (χ1) is 10.5. The average molecular weight is 293 g/mol. The summed E-state index contributed by atoms with van der Waals surface area (Å²) in [6.07, 6.45) is 0. The average Bonchev–Trinajstić information content (AvgIpc) is 2.46. The third-order valence-corrected chi connectivity index (χ3v) is 3.75. The number of carboxylic acid groups (broad SMARTS) is 1. The standard InChI is InChI=1S/C18H15NO3/c1-10-3-5-13(11(2)7-10)16-9-17(20)14-8-12(18(21)22)4-6-15(14)19-16/h3-9H,1-2H3,(H,19,20)(H,21,22). The summed E-state index contributed by atoms with van der Waals surface area (Å²) in [7, 11) is 0. The number of aromatic carboxylic acids is 1. The Labute approximate surface area is 127 Å². The molecule has 0 amide bonds. The number of rotatable bonds is 2. The summed E-state index contributed by atoms with van der Waals surface area (Å²) in [5, 5.41) is 9.40. The maximum atomic E-state index is 12.3. The first kappa shape index (κ1) is 14.1. The van der Waals surface area contributed by atoms with E-state index in [1.807, 2.05) is 26.0 Å². The third kappa shape index (κ3) is 2.39. The number of carbonyl (C=O) groups is 1. The van der Waals surface area contributed by atoms with Gasteiger partial charge in [0.2, 0.25) is 0 Å². The molecule has 2 N–H and O–H groups in total. The van der Waals surface area contributed by atoms with Crippen molar-refractivity contribution in [2.45, 2.75) is 13.8 Å². The van der Waals surface area contributed by atoms with Crippen LogP contribution in [0.15, 0.2) is 47.3 Å². The number of carboxylic acids is 1. The molecule has 1 heterocycles. The highest BCUT2D eigenvalue weighted by Crippen LogP contribution is 2.23. The second kappa shape index (κ2) is 5.15. The van der Waals surface area contributed by atoms with Crippen molar-refractivity contribution >= 4 is 16.9 Å². The zero-order valence-electron chi connectivity index (χ0n) is 12.3. The first-order valence-corrected chi connectivity index (χ1v) is 6.94. The van der Waals surface area contributed by atoms with E-state index in [9.17, 15) is 9.59 Å². The number of aryl methyl sites for hydroxylation is 2. The Morgan fingerprint density at radius 2 is 1.82 bits per heavy atom. The molecule has 2 aromatic carbocycles. The van der Waals surface area contributed by atoms with Crippen LogP contribution in [0.2, 0.25) is 0 Å². The summed E-state index contributed by atoms with van der Waals surface area (Å²) in [6.45, 7) is 4.02. The summed E-state index contributed by atoms with van der Waals surface area (Å²) in [6, 6.07) is 12.1. The van der Waals surface area contributed by atoms with Crippen LogP contribution in [0.1, 0.15) is 21.5 Å².